The van der Waals surface area contributed by atoms with Crippen molar-refractivity contribution in [3.05, 3.63) is 16.5 Å². The SMILES string of the molecule is O=NSCCC(Nc1nccs1)C(=O)O. The summed E-state index contributed by atoms with van der Waals surface area (Å²) in [4.78, 5) is 24.5. The fourth-order valence-corrected chi connectivity index (χ4v) is 1.91. The molecule has 2 N–H and O–H groups in total. The van der Waals surface area contributed by atoms with Crippen molar-refractivity contribution in [3.63, 3.8) is 0 Å². The maximum Gasteiger partial charge on any atom is 0.326 e. The zero-order valence-electron chi connectivity index (χ0n) is 7.62. The van der Waals surface area contributed by atoms with E-state index in [9.17, 15) is 9.70 Å². The minimum atomic E-state index is -0.961. The van der Waals surface area contributed by atoms with Crippen LogP contribution in [-0.4, -0.2) is 27.9 Å². The number of rotatable bonds is 7. The zero-order chi connectivity index (χ0) is 11.1. The van der Waals surface area contributed by atoms with E-state index < -0.39 is 12.0 Å². The lowest BCUT2D eigenvalue weighted by atomic mass is 10.2. The summed E-state index contributed by atoms with van der Waals surface area (Å²) in [6, 6.07) is -0.731. The Morgan fingerprint density at radius 3 is 3.13 bits per heavy atom. The number of thiazole rings is 1. The number of carboxylic acids is 1. The van der Waals surface area contributed by atoms with Crippen LogP contribution in [0.4, 0.5) is 5.13 Å². The number of hydrogen-bond donors (Lipinski definition) is 2. The van der Waals surface area contributed by atoms with Crippen molar-refractivity contribution in [1.29, 1.82) is 0 Å². The highest BCUT2D eigenvalue weighted by Gasteiger charge is 2.17. The van der Waals surface area contributed by atoms with E-state index in [0.717, 1.165) is 11.9 Å². The first-order valence-corrected chi connectivity index (χ1v) is 5.89. The second kappa shape index (κ2) is 6.36. The van der Waals surface area contributed by atoms with Crippen molar-refractivity contribution < 1.29 is 9.90 Å². The lowest BCUT2D eigenvalue weighted by Gasteiger charge is -2.11. The topological polar surface area (TPSA) is 91.7 Å². The van der Waals surface area contributed by atoms with Crippen LogP contribution in [0.5, 0.6) is 0 Å². The number of carbonyl (C=O) groups is 1. The number of aromatic nitrogens is 1. The van der Waals surface area contributed by atoms with Crippen LogP contribution >= 0.6 is 23.3 Å². The second-order valence-electron chi connectivity index (χ2n) is 2.57. The summed E-state index contributed by atoms with van der Waals surface area (Å²) < 4.78 is 2.60. The Balaban J connectivity index is 2.43. The van der Waals surface area contributed by atoms with Gasteiger partial charge in [0.05, 0.1) is 0 Å². The molecule has 0 radical (unpaired) electrons. The molecule has 1 rings (SSSR count). The van der Waals surface area contributed by atoms with Crippen LogP contribution in [0.25, 0.3) is 0 Å². The van der Waals surface area contributed by atoms with Crippen LogP contribution in [0.15, 0.2) is 16.2 Å². The molecule has 0 spiro atoms. The largest absolute Gasteiger partial charge is 0.480 e. The van der Waals surface area contributed by atoms with Crippen LogP contribution < -0.4 is 5.32 Å². The van der Waals surface area contributed by atoms with Gasteiger partial charge in [-0.2, -0.15) is 0 Å². The molecule has 0 saturated carbocycles. The molecular formula is C7H9N3O3S2. The molecular weight excluding hydrogens is 238 g/mol. The summed E-state index contributed by atoms with van der Waals surface area (Å²) >= 11 is 2.15. The van der Waals surface area contributed by atoms with Crippen molar-refractivity contribution in [2.75, 3.05) is 11.1 Å². The fourth-order valence-electron chi connectivity index (χ4n) is 0.909. The van der Waals surface area contributed by atoms with Gasteiger partial charge in [0.2, 0.25) is 0 Å². The van der Waals surface area contributed by atoms with Gasteiger partial charge in [-0.1, -0.05) is 0 Å². The maximum atomic E-state index is 10.8. The van der Waals surface area contributed by atoms with Crippen molar-refractivity contribution in [2.45, 2.75) is 12.5 Å². The zero-order valence-corrected chi connectivity index (χ0v) is 9.25. The summed E-state index contributed by atoms with van der Waals surface area (Å²) in [6.07, 6.45) is 1.92. The highest BCUT2D eigenvalue weighted by molar-refractivity contribution is 7.97. The molecule has 0 amide bonds. The molecule has 0 aromatic carbocycles. The second-order valence-corrected chi connectivity index (χ2v) is 4.28. The Hall–Kier alpha value is -1.15. The molecule has 0 fully saturated rings. The van der Waals surface area contributed by atoms with Gasteiger partial charge in [-0.05, 0) is 6.42 Å². The Bertz CT molecular complexity index is 317. The lowest BCUT2D eigenvalue weighted by molar-refractivity contribution is -0.137. The third-order valence-corrected chi connectivity index (χ3v) is 2.81. The van der Waals surface area contributed by atoms with E-state index >= 15 is 0 Å². The molecule has 82 valence electrons. The number of carboxylic acid groups (broad SMARTS) is 1. The average Bonchev–Trinajstić information content (AvgIpc) is 2.69. The highest BCUT2D eigenvalue weighted by atomic mass is 32.2. The van der Waals surface area contributed by atoms with E-state index in [2.05, 4.69) is 14.9 Å². The Kier molecular flexibility index (Phi) is 5.05. The van der Waals surface area contributed by atoms with Crippen LogP contribution in [-0.2, 0) is 4.79 Å². The third-order valence-electron chi connectivity index (χ3n) is 1.58. The molecule has 8 heteroatoms. The van der Waals surface area contributed by atoms with Crippen molar-refractivity contribution >= 4 is 34.4 Å². The Morgan fingerprint density at radius 2 is 2.60 bits per heavy atom. The van der Waals surface area contributed by atoms with Gasteiger partial charge in [-0.25, -0.2) is 9.78 Å². The predicted molar refractivity (Wildman–Crippen MR) is 60.0 cm³/mol. The predicted octanol–water partition coefficient (Wildman–Crippen LogP) is 1.81. The lowest BCUT2D eigenvalue weighted by Crippen LogP contribution is -2.29. The van der Waals surface area contributed by atoms with Crippen molar-refractivity contribution in [3.8, 4) is 0 Å². The van der Waals surface area contributed by atoms with Gasteiger partial charge in [0, 0.05) is 33.9 Å². The fraction of sp³-hybridized carbons (Fsp3) is 0.429. The standard InChI is InChI=1S/C7H9N3O3S2/c11-6(12)5(1-3-15-10-13)9-7-8-2-4-14-7/h2,4-5H,1,3H2,(H,8,9)(H,11,12). The molecule has 1 atom stereocenters. The first-order chi connectivity index (χ1) is 7.24. The number of anilines is 1. The molecule has 0 aliphatic carbocycles. The molecule has 1 aromatic heterocycles. The first-order valence-electron chi connectivity index (χ1n) is 4.07. The minimum Gasteiger partial charge on any atom is -0.480 e. The molecule has 1 unspecified atom stereocenters. The van der Waals surface area contributed by atoms with E-state index in [4.69, 9.17) is 5.11 Å². The normalized spacial score (nSPS) is 12.0. The average molecular weight is 247 g/mol. The first kappa shape index (κ1) is 11.9. The van der Waals surface area contributed by atoms with Crippen molar-refractivity contribution in [2.24, 2.45) is 4.58 Å². The smallest absolute Gasteiger partial charge is 0.326 e. The number of nitrogens with zero attached hydrogens (tertiary/aromatic N) is 2. The molecule has 0 bridgehead atoms. The molecule has 15 heavy (non-hydrogen) atoms. The minimum absolute atomic E-state index is 0.325. The van der Waals surface area contributed by atoms with Gasteiger partial charge < -0.3 is 10.4 Å². The number of hydrogen-bond acceptors (Lipinski definition) is 7. The van der Waals surface area contributed by atoms with E-state index in [0.29, 0.717) is 17.3 Å². The van der Waals surface area contributed by atoms with Gasteiger partial charge in [0.1, 0.15) is 6.04 Å². The highest BCUT2D eigenvalue weighted by Crippen LogP contribution is 2.14. The summed E-state index contributed by atoms with van der Waals surface area (Å²) in [6.45, 7) is 0. The quantitative estimate of drug-likeness (QED) is 0.434. The third kappa shape index (κ3) is 4.26. The van der Waals surface area contributed by atoms with Gasteiger partial charge in [-0.15, -0.1) is 16.2 Å². The molecule has 1 heterocycles. The molecule has 0 aliphatic rings. The number of aliphatic carboxylic acids is 1. The van der Waals surface area contributed by atoms with E-state index in [1.165, 1.54) is 11.3 Å². The van der Waals surface area contributed by atoms with Gasteiger partial charge >= 0.3 is 5.97 Å². The van der Waals surface area contributed by atoms with Crippen LogP contribution in [0, 0.1) is 4.91 Å². The molecule has 1 aromatic rings. The monoisotopic (exact) mass is 247 g/mol. The van der Waals surface area contributed by atoms with E-state index in [-0.39, 0.29) is 0 Å². The molecule has 0 saturated heterocycles. The van der Waals surface area contributed by atoms with Gasteiger partial charge in [-0.3, -0.25) is 0 Å². The van der Waals surface area contributed by atoms with Crippen LogP contribution in [0.3, 0.4) is 0 Å². The van der Waals surface area contributed by atoms with E-state index in [1.54, 1.807) is 11.6 Å². The van der Waals surface area contributed by atoms with Gasteiger partial charge in [0.15, 0.2) is 5.13 Å². The van der Waals surface area contributed by atoms with Crippen LogP contribution in [0.2, 0.25) is 0 Å². The molecule has 0 aliphatic heterocycles. The molecule has 6 nitrogen and oxygen atoms in total. The maximum absolute atomic E-state index is 10.8. The van der Waals surface area contributed by atoms with Gasteiger partial charge in [0.25, 0.3) is 0 Å². The summed E-state index contributed by atoms with van der Waals surface area (Å²) in [5.74, 6) is -0.588. The number of nitroso groups, excluding NO2 is 1. The number of nitrogens with one attached hydrogen (secondary N) is 1. The Morgan fingerprint density at radius 1 is 1.80 bits per heavy atom. The van der Waals surface area contributed by atoms with Crippen molar-refractivity contribution in [1.82, 2.24) is 4.98 Å². The summed E-state index contributed by atoms with van der Waals surface area (Å²) in [5.41, 5.74) is 0. The Labute approximate surface area is 94.2 Å². The van der Waals surface area contributed by atoms with Crippen LogP contribution in [0.1, 0.15) is 6.42 Å². The summed E-state index contributed by atoms with van der Waals surface area (Å²) in [5, 5.41) is 14.0. The van der Waals surface area contributed by atoms with E-state index in [1.807, 2.05) is 0 Å². The summed E-state index contributed by atoms with van der Waals surface area (Å²) in [7, 11) is 0.